The van der Waals surface area contributed by atoms with Crippen LogP contribution in [0.5, 0.6) is 0 Å². The lowest BCUT2D eigenvalue weighted by atomic mass is 9.85. The summed E-state index contributed by atoms with van der Waals surface area (Å²) in [6.45, 7) is 5.34. The number of benzene rings is 1. The fourth-order valence-corrected chi connectivity index (χ4v) is 3.92. The van der Waals surface area contributed by atoms with Gasteiger partial charge in [-0.3, -0.25) is 19.3 Å². The van der Waals surface area contributed by atoms with Crippen LogP contribution in [0.2, 0.25) is 0 Å². The number of hydrogen-bond donors (Lipinski definition) is 1. The van der Waals surface area contributed by atoms with E-state index in [1.807, 2.05) is 32.9 Å². The van der Waals surface area contributed by atoms with Gasteiger partial charge in [0.2, 0.25) is 5.91 Å². The van der Waals surface area contributed by atoms with Gasteiger partial charge in [-0.05, 0) is 44.2 Å². The highest BCUT2D eigenvalue weighted by Crippen LogP contribution is 2.31. The van der Waals surface area contributed by atoms with Crippen LogP contribution in [0, 0.1) is 19.8 Å². The molecule has 1 aromatic rings. The molecule has 7 heteroatoms. The Labute approximate surface area is 158 Å². The lowest BCUT2D eigenvalue weighted by Crippen LogP contribution is -2.46. The van der Waals surface area contributed by atoms with E-state index in [-0.39, 0.29) is 12.0 Å². The van der Waals surface area contributed by atoms with Gasteiger partial charge in [0, 0.05) is 11.7 Å². The molecule has 0 spiro atoms. The lowest BCUT2D eigenvalue weighted by molar-refractivity contribution is -0.145. The first-order valence-electron chi connectivity index (χ1n) is 9.35. The predicted octanol–water partition coefficient (Wildman–Crippen LogP) is 2.61. The Balaban J connectivity index is 1.71. The molecular formula is C20H25N3O4. The molecule has 1 N–H and O–H groups in total. The van der Waals surface area contributed by atoms with E-state index in [1.165, 1.54) is 0 Å². The minimum absolute atomic E-state index is 0.156. The molecule has 1 aliphatic heterocycles. The van der Waals surface area contributed by atoms with Crippen molar-refractivity contribution in [2.45, 2.75) is 52.5 Å². The first-order chi connectivity index (χ1) is 12.8. The topological polar surface area (TPSA) is 86.8 Å². The van der Waals surface area contributed by atoms with Crippen LogP contribution in [0.4, 0.5) is 10.5 Å². The number of rotatable bonds is 4. The third-order valence-electron chi connectivity index (χ3n) is 5.44. The summed E-state index contributed by atoms with van der Waals surface area (Å²) in [7, 11) is 0. The fraction of sp³-hybridized carbons (Fsp3) is 0.500. The van der Waals surface area contributed by atoms with Crippen molar-refractivity contribution < 1.29 is 19.2 Å². The summed E-state index contributed by atoms with van der Waals surface area (Å²) >= 11 is 0. The highest BCUT2D eigenvalue weighted by atomic mass is 16.2. The largest absolute Gasteiger partial charge is 0.334 e. The van der Waals surface area contributed by atoms with Gasteiger partial charge in [-0.15, -0.1) is 0 Å². The highest BCUT2D eigenvalue weighted by molar-refractivity contribution is 6.45. The van der Waals surface area contributed by atoms with Gasteiger partial charge in [0.15, 0.2) is 0 Å². The van der Waals surface area contributed by atoms with E-state index in [0.29, 0.717) is 12.1 Å². The monoisotopic (exact) mass is 371 g/mol. The van der Waals surface area contributed by atoms with Crippen LogP contribution in [-0.2, 0) is 14.4 Å². The summed E-state index contributed by atoms with van der Waals surface area (Å²) in [5.41, 5.74) is 2.57. The second-order valence-corrected chi connectivity index (χ2v) is 7.54. The molecule has 1 saturated heterocycles. The minimum atomic E-state index is -0.923. The number of carbonyl (C=O) groups is 4. The third-order valence-corrected chi connectivity index (χ3v) is 5.44. The van der Waals surface area contributed by atoms with Crippen LogP contribution >= 0.6 is 0 Å². The van der Waals surface area contributed by atoms with Crippen molar-refractivity contribution in [2.24, 2.45) is 5.92 Å². The molecule has 2 atom stereocenters. The van der Waals surface area contributed by atoms with Gasteiger partial charge in [0.25, 0.3) is 0 Å². The van der Waals surface area contributed by atoms with Crippen LogP contribution in [0.15, 0.2) is 18.2 Å². The standard InChI is InChI=1S/C20H25N3O4/c1-12-8-9-15(14(3)10-12)21-17(24)11-22-18(25)19(26)23(20(22)27)16-7-5-4-6-13(16)2/h8-10,13,16H,4-7,11H2,1-3H3,(H,21,24)/t13-,16-/m0/s1. The van der Waals surface area contributed by atoms with Crippen molar-refractivity contribution in [1.82, 2.24) is 9.80 Å². The van der Waals surface area contributed by atoms with Crippen molar-refractivity contribution >= 4 is 29.4 Å². The number of aryl methyl sites for hydroxylation is 2. The van der Waals surface area contributed by atoms with Gasteiger partial charge in [-0.1, -0.05) is 37.5 Å². The van der Waals surface area contributed by atoms with E-state index < -0.39 is 30.3 Å². The van der Waals surface area contributed by atoms with Gasteiger partial charge < -0.3 is 5.32 Å². The molecule has 144 valence electrons. The van der Waals surface area contributed by atoms with E-state index in [0.717, 1.165) is 40.2 Å². The van der Waals surface area contributed by atoms with Gasteiger partial charge in [0.1, 0.15) is 6.54 Å². The number of urea groups is 1. The third kappa shape index (κ3) is 3.72. The minimum Gasteiger partial charge on any atom is -0.324 e. The number of imide groups is 2. The average Bonchev–Trinajstić information content (AvgIpc) is 2.82. The lowest BCUT2D eigenvalue weighted by Gasteiger charge is -2.34. The molecule has 2 fully saturated rings. The summed E-state index contributed by atoms with van der Waals surface area (Å²) in [6.07, 6.45) is 3.61. The Hall–Kier alpha value is -2.70. The Morgan fingerprint density at radius 1 is 1.11 bits per heavy atom. The second kappa shape index (κ2) is 7.50. The molecule has 0 unspecified atom stereocenters. The zero-order chi connectivity index (χ0) is 19.7. The first kappa shape index (κ1) is 19.1. The molecule has 0 bridgehead atoms. The van der Waals surface area contributed by atoms with Gasteiger partial charge in [-0.25, -0.2) is 9.69 Å². The highest BCUT2D eigenvalue weighted by Gasteiger charge is 2.49. The number of amides is 5. The second-order valence-electron chi connectivity index (χ2n) is 7.54. The molecule has 5 amide bonds. The van der Waals surface area contributed by atoms with E-state index in [1.54, 1.807) is 6.07 Å². The maximum Gasteiger partial charge on any atom is 0.334 e. The van der Waals surface area contributed by atoms with Crippen molar-refractivity contribution in [3.05, 3.63) is 29.3 Å². The predicted molar refractivity (Wildman–Crippen MR) is 99.9 cm³/mol. The zero-order valence-electron chi connectivity index (χ0n) is 15.9. The van der Waals surface area contributed by atoms with Crippen molar-refractivity contribution in [1.29, 1.82) is 0 Å². The summed E-state index contributed by atoms with van der Waals surface area (Å²) in [4.78, 5) is 51.6. The quantitative estimate of drug-likeness (QED) is 0.651. The van der Waals surface area contributed by atoms with E-state index in [4.69, 9.17) is 0 Å². The smallest absolute Gasteiger partial charge is 0.324 e. The van der Waals surface area contributed by atoms with Gasteiger partial charge >= 0.3 is 17.8 Å². The SMILES string of the molecule is Cc1ccc(NC(=O)CN2C(=O)C(=O)N([C@H]3CCCC[C@@H]3C)C2=O)c(C)c1. The van der Waals surface area contributed by atoms with Crippen LogP contribution in [0.1, 0.15) is 43.7 Å². The molecule has 7 nitrogen and oxygen atoms in total. The normalized spacial score (nSPS) is 23.1. The molecule has 1 aliphatic carbocycles. The molecule has 1 aromatic carbocycles. The Kier molecular flexibility index (Phi) is 5.30. The van der Waals surface area contributed by atoms with Crippen molar-refractivity contribution in [3.63, 3.8) is 0 Å². The maximum atomic E-state index is 12.7. The van der Waals surface area contributed by atoms with Gasteiger partial charge in [-0.2, -0.15) is 0 Å². The maximum absolute atomic E-state index is 12.7. The number of carbonyl (C=O) groups excluding carboxylic acids is 4. The number of anilines is 1. The molecule has 27 heavy (non-hydrogen) atoms. The first-order valence-corrected chi connectivity index (χ1v) is 9.35. The molecular weight excluding hydrogens is 346 g/mol. The van der Waals surface area contributed by atoms with Gasteiger partial charge in [0.05, 0.1) is 0 Å². The molecule has 0 aromatic heterocycles. The van der Waals surface area contributed by atoms with Crippen LogP contribution in [-0.4, -0.2) is 46.1 Å². The Morgan fingerprint density at radius 3 is 2.48 bits per heavy atom. The van der Waals surface area contributed by atoms with Crippen LogP contribution in [0.3, 0.4) is 0 Å². The number of hydrogen-bond acceptors (Lipinski definition) is 4. The summed E-state index contributed by atoms with van der Waals surface area (Å²) < 4.78 is 0. The van der Waals surface area contributed by atoms with E-state index >= 15 is 0 Å². The van der Waals surface area contributed by atoms with Crippen molar-refractivity contribution in [3.8, 4) is 0 Å². The summed E-state index contributed by atoms with van der Waals surface area (Å²) in [5.74, 6) is -2.09. The zero-order valence-corrected chi connectivity index (χ0v) is 15.9. The number of nitrogens with one attached hydrogen (secondary N) is 1. The molecule has 1 heterocycles. The molecule has 3 rings (SSSR count). The van der Waals surface area contributed by atoms with Crippen molar-refractivity contribution in [2.75, 3.05) is 11.9 Å². The summed E-state index contributed by atoms with van der Waals surface area (Å²) in [6, 6.07) is 4.62. The van der Waals surface area contributed by atoms with E-state index in [9.17, 15) is 19.2 Å². The van der Waals surface area contributed by atoms with Crippen LogP contribution in [0.25, 0.3) is 0 Å². The summed E-state index contributed by atoms with van der Waals surface area (Å²) in [5, 5.41) is 2.71. The molecule has 2 aliphatic rings. The molecule has 1 saturated carbocycles. The van der Waals surface area contributed by atoms with E-state index in [2.05, 4.69) is 5.32 Å². The Morgan fingerprint density at radius 2 is 1.81 bits per heavy atom. The fourth-order valence-electron chi connectivity index (χ4n) is 3.92. The average molecular weight is 371 g/mol. The number of nitrogens with zero attached hydrogens (tertiary/aromatic N) is 2. The Bertz CT molecular complexity index is 804. The molecule has 0 radical (unpaired) electrons. The van der Waals surface area contributed by atoms with Crippen LogP contribution < -0.4 is 5.32 Å².